The highest BCUT2D eigenvalue weighted by Crippen LogP contribution is 2.19. The van der Waals surface area contributed by atoms with Crippen molar-refractivity contribution in [1.29, 1.82) is 0 Å². The molecule has 0 spiro atoms. The number of aryl methyl sites for hydroxylation is 2. The number of likely N-dealkylation sites (N-methyl/N-ethyl adjacent to an activating group) is 1. The van der Waals surface area contributed by atoms with Crippen LogP contribution in [0, 0.1) is 13.8 Å². The number of ether oxygens (including phenoxy) is 2. The molecule has 0 aromatic heterocycles. The summed E-state index contributed by atoms with van der Waals surface area (Å²) < 4.78 is 10.4. The number of benzene rings is 2. The molecule has 0 fully saturated rings. The van der Waals surface area contributed by atoms with Crippen LogP contribution in [0.25, 0.3) is 0 Å². The van der Waals surface area contributed by atoms with E-state index in [0.717, 1.165) is 16.8 Å². The molecule has 1 N–H and O–H groups in total. The molecule has 0 aliphatic rings. The minimum absolute atomic E-state index is 0.146. The molecule has 2 amide bonds. The number of hydrogen-bond acceptors (Lipinski definition) is 5. The summed E-state index contributed by atoms with van der Waals surface area (Å²) in [7, 11) is 1.48. The van der Waals surface area contributed by atoms with Crippen molar-refractivity contribution in [3.63, 3.8) is 0 Å². The van der Waals surface area contributed by atoms with Crippen LogP contribution in [0.3, 0.4) is 0 Å². The SMILES string of the molecule is CCOc1ccc(C(=O)OCC(=O)N(C)CC(=O)Nc2c(C)cccc2C)cc1. The molecule has 2 rings (SSSR count). The molecule has 7 nitrogen and oxygen atoms in total. The van der Waals surface area contributed by atoms with Crippen LogP contribution < -0.4 is 10.1 Å². The van der Waals surface area contributed by atoms with Gasteiger partial charge in [0.05, 0.1) is 18.7 Å². The van der Waals surface area contributed by atoms with Crippen molar-refractivity contribution in [3.8, 4) is 5.75 Å². The lowest BCUT2D eigenvalue weighted by molar-refractivity contribution is -0.136. The fraction of sp³-hybridized carbons (Fsp3) is 0.318. The van der Waals surface area contributed by atoms with E-state index in [1.807, 2.05) is 39.0 Å². The van der Waals surface area contributed by atoms with Gasteiger partial charge in [-0.25, -0.2) is 4.79 Å². The molecule has 0 saturated carbocycles. The van der Waals surface area contributed by atoms with E-state index in [4.69, 9.17) is 9.47 Å². The molecule has 0 unspecified atom stereocenters. The summed E-state index contributed by atoms with van der Waals surface area (Å²) in [6.07, 6.45) is 0. The van der Waals surface area contributed by atoms with Crippen molar-refractivity contribution in [2.24, 2.45) is 0 Å². The number of rotatable bonds is 8. The van der Waals surface area contributed by atoms with Gasteiger partial charge in [0.1, 0.15) is 5.75 Å². The molecule has 2 aromatic carbocycles. The van der Waals surface area contributed by atoms with Crippen LogP contribution in [0.15, 0.2) is 42.5 Å². The average Bonchev–Trinajstić information content (AvgIpc) is 2.69. The molecule has 29 heavy (non-hydrogen) atoms. The summed E-state index contributed by atoms with van der Waals surface area (Å²) >= 11 is 0. The van der Waals surface area contributed by atoms with E-state index >= 15 is 0 Å². The second-order valence-corrected chi connectivity index (χ2v) is 6.60. The van der Waals surface area contributed by atoms with Gasteiger partial charge in [0.2, 0.25) is 5.91 Å². The molecule has 154 valence electrons. The van der Waals surface area contributed by atoms with Gasteiger partial charge in [-0.05, 0) is 56.2 Å². The average molecular weight is 398 g/mol. The topological polar surface area (TPSA) is 84.9 Å². The van der Waals surface area contributed by atoms with Gasteiger partial charge in [0.25, 0.3) is 5.91 Å². The number of carbonyl (C=O) groups excluding carboxylic acids is 3. The van der Waals surface area contributed by atoms with Gasteiger partial charge in [0, 0.05) is 12.7 Å². The predicted molar refractivity (Wildman–Crippen MR) is 110 cm³/mol. The Morgan fingerprint density at radius 1 is 1.00 bits per heavy atom. The first kappa shape index (κ1) is 21.9. The molecule has 0 aliphatic heterocycles. The third-order valence-corrected chi connectivity index (χ3v) is 4.28. The number of amides is 2. The van der Waals surface area contributed by atoms with Crippen LogP contribution in [0.1, 0.15) is 28.4 Å². The highest BCUT2D eigenvalue weighted by molar-refractivity contribution is 5.96. The van der Waals surface area contributed by atoms with Crippen molar-refractivity contribution in [1.82, 2.24) is 4.90 Å². The summed E-state index contributed by atoms with van der Waals surface area (Å²) in [5.41, 5.74) is 2.94. The first-order valence-electron chi connectivity index (χ1n) is 9.31. The maximum Gasteiger partial charge on any atom is 0.338 e. The Labute approximate surface area is 170 Å². The number of nitrogens with zero attached hydrogens (tertiary/aromatic N) is 1. The zero-order chi connectivity index (χ0) is 21.4. The standard InChI is InChI=1S/C22H26N2O5/c1-5-28-18-11-9-17(10-12-18)22(27)29-14-20(26)24(4)13-19(25)23-21-15(2)7-6-8-16(21)3/h6-12H,5,13-14H2,1-4H3,(H,23,25). The second-order valence-electron chi connectivity index (χ2n) is 6.60. The number of hydrogen-bond donors (Lipinski definition) is 1. The lowest BCUT2D eigenvalue weighted by Crippen LogP contribution is -2.37. The van der Waals surface area contributed by atoms with E-state index in [1.165, 1.54) is 11.9 Å². The molecule has 0 saturated heterocycles. The lowest BCUT2D eigenvalue weighted by atomic mass is 10.1. The number of anilines is 1. The first-order chi connectivity index (χ1) is 13.8. The fourth-order valence-corrected chi connectivity index (χ4v) is 2.67. The van der Waals surface area contributed by atoms with Gasteiger partial charge in [-0.1, -0.05) is 18.2 Å². The summed E-state index contributed by atoms with van der Waals surface area (Å²) in [5, 5.41) is 2.82. The number of para-hydroxylation sites is 1. The zero-order valence-corrected chi connectivity index (χ0v) is 17.2. The minimum Gasteiger partial charge on any atom is -0.494 e. The molecule has 0 aliphatic carbocycles. The van der Waals surface area contributed by atoms with Crippen LogP contribution >= 0.6 is 0 Å². The van der Waals surface area contributed by atoms with Gasteiger partial charge in [-0.15, -0.1) is 0 Å². The summed E-state index contributed by atoms with van der Waals surface area (Å²) in [4.78, 5) is 37.7. The molecule has 0 heterocycles. The van der Waals surface area contributed by atoms with Crippen molar-refractivity contribution in [3.05, 3.63) is 59.2 Å². The third-order valence-electron chi connectivity index (χ3n) is 4.28. The number of nitrogens with one attached hydrogen (secondary N) is 1. The quantitative estimate of drug-likeness (QED) is 0.691. The van der Waals surface area contributed by atoms with Gasteiger partial charge in [-0.2, -0.15) is 0 Å². The Morgan fingerprint density at radius 3 is 2.21 bits per heavy atom. The number of esters is 1. The molecule has 0 bridgehead atoms. The van der Waals surface area contributed by atoms with E-state index in [2.05, 4.69) is 5.32 Å². The Balaban J connectivity index is 1.83. The zero-order valence-electron chi connectivity index (χ0n) is 17.2. The molecule has 7 heteroatoms. The number of carbonyl (C=O) groups is 3. The Hall–Kier alpha value is -3.35. The molecule has 0 atom stereocenters. The van der Waals surface area contributed by atoms with E-state index in [0.29, 0.717) is 17.9 Å². The Morgan fingerprint density at radius 2 is 1.62 bits per heavy atom. The highest BCUT2D eigenvalue weighted by atomic mass is 16.5. The van der Waals surface area contributed by atoms with Gasteiger partial charge < -0.3 is 19.7 Å². The monoisotopic (exact) mass is 398 g/mol. The summed E-state index contributed by atoms with van der Waals surface area (Å²) in [5.74, 6) is -0.762. The third kappa shape index (κ3) is 6.34. The summed E-state index contributed by atoms with van der Waals surface area (Å²) in [6.45, 7) is 5.61. The fourth-order valence-electron chi connectivity index (χ4n) is 2.67. The minimum atomic E-state index is -0.616. The molecule has 2 aromatic rings. The highest BCUT2D eigenvalue weighted by Gasteiger charge is 2.17. The Bertz CT molecular complexity index is 857. The van der Waals surface area contributed by atoms with Crippen LogP contribution in [-0.2, 0) is 14.3 Å². The van der Waals surface area contributed by atoms with E-state index in [1.54, 1.807) is 24.3 Å². The van der Waals surface area contributed by atoms with Crippen LogP contribution in [0.2, 0.25) is 0 Å². The largest absolute Gasteiger partial charge is 0.494 e. The molecular formula is C22H26N2O5. The summed E-state index contributed by atoms with van der Waals surface area (Å²) in [6, 6.07) is 12.2. The van der Waals surface area contributed by atoms with E-state index in [9.17, 15) is 14.4 Å². The van der Waals surface area contributed by atoms with E-state index < -0.39 is 18.5 Å². The van der Waals surface area contributed by atoms with E-state index in [-0.39, 0.29) is 12.5 Å². The molecular weight excluding hydrogens is 372 g/mol. The van der Waals surface area contributed by atoms with Gasteiger partial charge >= 0.3 is 5.97 Å². The van der Waals surface area contributed by atoms with Gasteiger partial charge in [-0.3, -0.25) is 9.59 Å². The van der Waals surface area contributed by atoms with Crippen molar-refractivity contribution < 1.29 is 23.9 Å². The van der Waals surface area contributed by atoms with Crippen molar-refractivity contribution >= 4 is 23.5 Å². The first-order valence-corrected chi connectivity index (χ1v) is 9.31. The van der Waals surface area contributed by atoms with Crippen LogP contribution in [0.4, 0.5) is 5.69 Å². The smallest absolute Gasteiger partial charge is 0.338 e. The molecule has 0 radical (unpaired) electrons. The maximum absolute atomic E-state index is 12.3. The van der Waals surface area contributed by atoms with Crippen molar-refractivity contribution in [2.45, 2.75) is 20.8 Å². The predicted octanol–water partition coefficient (Wildman–Crippen LogP) is 2.96. The normalized spacial score (nSPS) is 10.2. The van der Waals surface area contributed by atoms with Crippen LogP contribution in [-0.4, -0.2) is 49.5 Å². The van der Waals surface area contributed by atoms with Crippen molar-refractivity contribution in [2.75, 3.05) is 32.1 Å². The lowest BCUT2D eigenvalue weighted by Gasteiger charge is -2.18. The van der Waals surface area contributed by atoms with Crippen LogP contribution in [0.5, 0.6) is 5.75 Å². The maximum atomic E-state index is 12.3. The second kappa shape index (κ2) is 10.3. The van der Waals surface area contributed by atoms with Gasteiger partial charge in [0.15, 0.2) is 6.61 Å². The Kier molecular flexibility index (Phi) is 7.77.